The first-order valence-electron chi connectivity index (χ1n) is 4.75. The van der Waals surface area contributed by atoms with Gasteiger partial charge in [-0.15, -0.1) is 0 Å². The lowest BCUT2D eigenvalue weighted by molar-refractivity contribution is 0.350. The number of hydrogen-bond acceptors (Lipinski definition) is 2. The zero-order valence-electron chi connectivity index (χ0n) is 7.05. The molecule has 2 rings (SSSR count). The van der Waals surface area contributed by atoms with Crippen molar-refractivity contribution >= 4 is 5.84 Å². The second kappa shape index (κ2) is 3.24. The molecule has 0 saturated carbocycles. The molecule has 1 saturated heterocycles. The van der Waals surface area contributed by atoms with Gasteiger partial charge in [-0.05, 0) is 12.8 Å². The molecular formula is C9H16N2. The molecular weight excluding hydrogens is 136 g/mol. The summed E-state index contributed by atoms with van der Waals surface area (Å²) in [6, 6.07) is 0. The molecule has 0 aliphatic carbocycles. The highest BCUT2D eigenvalue weighted by Gasteiger charge is 2.20. The molecule has 0 spiro atoms. The fraction of sp³-hybridized carbons (Fsp3) is 0.889. The smallest absolute Gasteiger partial charge is 0.101 e. The monoisotopic (exact) mass is 152 g/mol. The Morgan fingerprint density at radius 1 is 1.00 bits per heavy atom. The third kappa shape index (κ3) is 1.55. The standard InChI is InChI=1S/C9H16N2/c1-2-4-7-11-8-5-9(11)10-6-3-1/h1-8H2/b10-9-. The molecule has 0 aromatic heterocycles. The summed E-state index contributed by atoms with van der Waals surface area (Å²) in [5.41, 5.74) is 0. The van der Waals surface area contributed by atoms with Crippen LogP contribution in [0.1, 0.15) is 32.1 Å². The van der Waals surface area contributed by atoms with Crippen LogP contribution in [0.25, 0.3) is 0 Å². The fourth-order valence-corrected chi connectivity index (χ4v) is 1.77. The van der Waals surface area contributed by atoms with E-state index in [0.717, 1.165) is 6.54 Å². The average molecular weight is 152 g/mol. The second-order valence-corrected chi connectivity index (χ2v) is 3.45. The van der Waals surface area contributed by atoms with Crippen LogP contribution in [-0.2, 0) is 0 Å². The summed E-state index contributed by atoms with van der Waals surface area (Å²) in [6.07, 6.45) is 6.69. The molecule has 2 aliphatic heterocycles. The van der Waals surface area contributed by atoms with Crippen LogP contribution < -0.4 is 0 Å². The van der Waals surface area contributed by atoms with Gasteiger partial charge in [-0.3, -0.25) is 4.99 Å². The second-order valence-electron chi connectivity index (χ2n) is 3.45. The van der Waals surface area contributed by atoms with Gasteiger partial charge in [-0.2, -0.15) is 0 Å². The summed E-state index contributed by atoms with van der Waals surface area (Å²) in [5, 5.41) is 0. The normalized spacial score (nSPS) is 30.2. The summed E-state index contributed by atoms with van der Waals surface area (Å²) in [6.45, 7) is 3.60. The van der Waals surface area contributed by atoms with E-state index in [9.17, 15) is 0 Å². The van der Waals surface area contributed by atoms with Gasteiger partial charge in [0.15, 0.2) is 0 Å². The molecule has 2 heteroatoms. The lowest BCUT2D eigenvalue weighted by Crippen LogP contribution is -2.43. The van der Waals surface area contributed by atoms with Crippen LogP contribution in [-0.4, -0.2) is 30.4 Å². The number of rotatable bonds is 0. The number of amidine groups is 1. The minimum atomic E-state index is 1.08. The van der Waals surface area contributed by atoms with Crippen molar-refractivity contribution in [3.63, 3.8) is 0 Å². The zero-order chi connectivity index (χ0) is 7.52. The number of aliphatic imine (C=N–C) groups is 1. The topological polar surface area (TPSA) is 15.6 Å². The predicted molar refractivity (Wildman–Crippen MR) is 47.0 cm³/mol. The van der Waals surface area contributed by atoms with Gasteiger partial charge in [0.05, 0.1) is 0 Å². The van der Waals surface area contributed by atoms with E-state index in [1.54, 1.807) is 0 Å². The summed E-state index contributed by atoms with van der Waals surface area (Å²) in [5.74, 6) is 1.38. The van der Waals surface area contributed by atoms with Crippen molar-refractivity contribution in [1.29, 1.82) is 0 Å². The van der Waals surface area contributed by atoms with Crippen LogP contribution in [0.4, 0.5) is 0 Å². The number of hydrogen-bond donors (Lipinski definition) is 0. The zero-order valence-corrected chi connectivity index (χ0v) is 7.05. The lowest BCUT2D eigenvalue weighted by atomic mass is 10.1. The maximum atomic E-state index is 4.55. The first-order valence-corrected chi connectivity index (χ1v) is 4.75. The van der Waals surface area contributed by atoms with Crippen molar-refractivity contribution in [3.05, 3.63) is 0 Å². The maximum absolute atomic E-state index is 4.55. The molecule has 11 heavy (non-hydrogen) atoms. The van der Waals surface area contributed by atoms with Crippen LogP contribution in [0.15, 0.2) is 4.99 Å². The SMILES string of the molecule is C1CCCN2CC/C2=N/CC1. The van der Waals surface area contributed by atoms with Gasteiger partial charge in [0.25, 0.3) is 0 Å². The van der Waals surface area contributed by atoms with Crippen molar-refractivity contribution in [1.82, 2.24) is 4.90 Å². The predicted octanol–water partition coefficient (Wildman–Crippen LogP) is 1.66. The summed E-state index contributed by atoms with van der Waals surface area (Å²) in [7, 11) is 0. The third-order valence-electron chi connectivity index (χ3n) is 2.60. The Morgan fingerprint density at radius 2 is 1.91 bits per heavy atom. The van der Waals surface area contributed by atoms with E-state index >= 15 is 0 Å². The summed E-state index contributed by atoms with van der Waals surface area (Å²) in [4.78, 5) is 6.99. The quantitative estimate of drug-likeness (QED) is 0.515. The molecule has 1 fully saturated rings. The molecule has 2 nitrogen and oxygen atoms in total. The highest BCUT2D eigenvalue weighted by molar-refractivity contribution is 5.87. The third-order valence-corrected chi connectivity index (χ3v) is 2.60. The van der Waals surface area contributed by atoms with Crippen molar-refractivity contribution in [3.8, 4) is 0 Å². The van der Waals surface area contributed by atoms with Crippen molar-refractivity contribution in [2.45, 2.75) is 32.1 Å². The van der Waals surface area contributed by atoms with Crippen LogP contribution in [0.5, 0.6) is 0 Å². The summed E-state index contributed by atoms with van der Waals surface area (Å²) < 4.78 is 0. The van der Waals surface area contributed by atoms with Gasteiger partial charge >= 0.3 is 0 Å². The van der Waals surface area contributed by atoms with Crippen molar-refractivity contribution in [2.75, 3.05) is 19.6 Å². The van der Waals surface area contributed by atoms with E-state index < -0.39 is 0 Å². The highest BCUT2D eigenvalue weighted by atomic mass is 15.2. The molecule has 0 atom stereocenters. The van der Waals surface area contributed by atoms with Crippen molar-refractivity contribution in [2.24, 2.45) is 4.99 Å². The van der Waals surface area contributed by atoms with Crippen LogP contribution in [0.2, 0.25) is 0 Å². The average Bonchev–Trinajstić information content (AvgIpc) is 2.04. The maximum Gasteiger partial charge on any atom is 0.101 e. The van der Waals surface area contributed by atoms with Gasteiger partial charge in [0.1, 0.15) is 5.84 Å². The van der Waals surface area contributed by atoms with E-state index in [0.29, 0.717) is 0 Å². The van der Waals surface area contributed by atoms with E-state index in [1.165, 1.54) is 51.0 Å². The van der Waals surface area contributed by atoms with Gasteiger partial charge in [-0.1, -0.05) is 12.8 Å². The minimum Gasteiger partial charge on any atom is -0.360 e. The van der Waals surface area contributed by atoms with E-state index in [4.69, 9.17) is 0 Å². The van der Waals surface area contributed by atoms with Crippen LogP contribution >= 0.6 is 0 Å². The van der Waals surface area contributed by atoms with Crippen molar-refractivity contribution < 1.29 is 0 Å². The fourth-order valence-electron chi connectivity index (χ4n) is 1.77. The van der Waals surface area contributed by atoms with Crippen LogP contribution in [0, 0.1) is 0 Å². The Morgan fingerprint density at radius 3 is 2.73 bits per heavy atom. The minimum absolute atomic E-state index is 1.08. The first kappa shape index (κ1) is 7.14. The van der Waals surface area contributed by atoms with E-state index in [-0.39, 0.29) is 0 Å². The summed E-state index contributed by atoms with van der Waals surface area (Å²) >= 11 is 0. The molecule has 0 radical (unpaired) electrons. The number of nitrogens with zero attached hydrogens (tertiary/aromatic N) is 2. The Kier molecular flexibility index (Phi) is 2.11. The van der Waals surface area contributed by atoms with E-state index in [2.05, 4.69) is 9.89 Å². The first-order chi connectivity index (χ1) is 5.47. The molecule has 0 aromatic carbocycles. The van der Waals surface area contributed by atoms with E-state index in [1.807, 2.05) is 0 Å². The molecule has 0 N–H and O–H groups in total. The Balaban J connectivity index is 1.93. The number of fused-ring (bicyclic) bond motifs is 1. The largest absolute Gasteiger partial charge is 0.360 e. The molecule has 2 heterocycles. The van der Waals surface area contributed by atoms with Crippen LogP contribution in [0.3, 0.4) is 0 Å². The van der Waals surface area contributed by atoms with Gasteiger partial charge in [0.2, 0.25) is 0 Å². The molecule has 0 amide bonds. The molecule has 62 valence electrons. The molecule has 0 bridgehead atoms. The Labute approximate surface area is 68.3 Å². The van der Waals surface area contributed by atoms with Gasteiger partial charge in [0, 0.05) is 26.1 Å². The molecule has 2 aliphatic rings. The van der Waals surface area contributed by atoms with Gasteiger partial charge < -0.3 is 4.90 Å². The molecule has 0 unspecified atom stereocenters. The molecule has 0 aromatic rings. The lowest BCUT2D eigenvalue weighted by Gasteiger charge is -2.34. The van der Waals surface area contributed by atoms with Gasteiger partial charge in [-0.25, -0.2) is 0 Å². The highest BCUT2D eigenvalue weighted by Crippen LogP contribution is 2.15. The Bertz CT molecular complexity index is 163. The Hall–Kier alpha value is -0.530.